The summed E-state index contributed by atoms with van der Waals surface area (Å²) < 4.78 is 0. The fourth-order valence-electron chi connectivity index (χ4n) is 0.794. The number of carbonyl (C=O) groups excluding carboxylic acids is 3. The average molecular weight is 288 g/mol. The molecule has 0 aliphatic heterocycles. The van der Waals surface area contributed by atoms with E-state index in [1.165, 1.54) is 20.2 Å². The van der Waals surface area contributed by atoms with Gasteiger partial charge in [0.25, 0.3) is 0 Å². The number of nitrogens with two attached hydrogens (primary N) is 1. The number of carbonyl (C=O) groups is 3. The SMILES string of the molecule is C.C.CC(=O)NCCC(N)=O.CC(=O)Nc1ncn[nH]1. The van der Waals surface area contributed by atoms with Crippen molar-refractivity contribution in [2.24, 2.45) is 5.73 Å². The van der Waals surface area contributed by atoms with Crippen molar-refractivity contribution in [3.8, 4) is 0 Å². The van der Waals surface area contributed by atoms with Crippen molar-refractivity contribution in [2.45, 2.75) is 35.1 Å². The smallest absolute Gasteiger partial charge is 0.225 e. The van der Waals surface area contributed by atoms with Crippen LogP contribution in [0, 0.1) is 0 Å². The lowest BCUT2D eigenvalue weighted by molar-refractivity contribution is -0.120. The fourth-order valence-corrected chi connectivity index (χ4v) is 0.794. The number of rotatable bonds is 4. The number of anilines is 1. The van der Waals surface area contributed by atoms with Crippen molar-refractivity contribution >= 4 is 23.7 Å². The van der Waals surface area contributed by atoms with Gasteiger partial charge in [0.1, 0.15) is 6.33 Å². The van der Waals surface area contributed by atoms with Crippen LogP contribution >= 0.6 is 0 Å². The summed E-state index contributed by atoms with van der Waals surface area (Å²) in [4.78, 5) is 34.2. The van der Waals surface area contributed by atoms with Gasteiger partial charge in [-0.05, 0) is 0 Å². The highest BCUT2D eigenvalue weighted by atomic mass is 16.2. The molecule has 0 aliphatic rings. The monoisotopic (exact) mass is 288 g/mol. The van der Waals surface area contributed by atoms with Gasteiger partial charge in [0.05, 0.1) is 0 Å². The van der Waals surface area contributed by atoms with Gasteiger partial charge in [-0.25, -0.2) is 5.10 Å². The number of nitrogens with one attached hydrogen (secondary N) is 3. The maximum Gasteiger partial charge on any atom is 0.225 e. The second-order valence-corrected chi connectivity index (χ2v) is 3.21. The Balaban J connectivity index is -0.000000263. The summed E-state index contributed by atoms with van der Waals surface area (Å²) in [7, 11) is 0. The molecule has 1 heterocycles. The van der Waals surface area contributed by atoms with Crippen LogP contribution in [-0.4, -0.2) is 39.4 Å². The van der Waals surface area contributed by atoms with E-state index in [-0.39, 0.29) is 33.1 Å². The lowest BCUT2D eigenvalue weighted by atomic mass is 10.4. The van der Waals surface area contributed by atoms with Gasteiger partial charge in [0.15, 0.2) is 0 Å². The second kappa shape index (κ2) is 13.0. The van der Waals surface area contributed by atoms with Crippen LogP contribution in [-0.2, 0) is 14.4 Å². The summed E-state index contributed by atoms with van der Waals surface area (Å²) in [5.41, 5.74) is 4.79. The minimum Gasteiger partial charge on any atom is -0.370 e. The molecule has 3 amide bonds. The van der Waals surface area contributed by atoms with Crippen LogP contribution < -0.4 is 16.4 Å². The van der Waals surface area contributed by atoms with Gasteiger partial charge in [-0.1, -0.05) is 14.9 Å². The Morgan fingerprint density at radius 1 is 1.25 bits per heavy atom. The molecule has 9 nitrogen and oxygen atoms in total. The summed E-state index contributed by atoms with van der Waals surface area (Å²) in [5.74, 6) is -0.325. The molecular formula is C11H24N6O3. The molecule has 116 valence electrons. The number of H-pyrrole nitrogens is 1. The zero-order chi connectivity index (χ0) is 14.0. The first-order valence-electron chi connectivity index (χ1n) is 5.07. The maximum atomic E-state index is 10.3. The number of aromatic nitrogens is 3. The van der Waals surface area contributed by atoms with E-state index in [0.717, 1.165) is 0 Å². The van der Waals surface area contributed by atoms with E-state index in [4.69, 9.17) is 5.73 Å². The first-order valence-corrected chi connectivity index (χ1v) is 5.07. The summed E-state index contributed by atoms with van der Waals surface area (Å²) in [5, 5.41) is 10.9. The molecule has 0 saturated carbocycles. The number of hydrogen-bond acceptors (Lipinski definition) is 5. The Morgan fingerprint density at radius 3 is 2.20 bits per heavy atom. The van der Waals surface area contributed by atoms with Crippen molar-refractivity contribution in [1.82, 2.24) is 20.5 Å². The Morgan fingerprint density at radius 2 is 1.85 bits per heavy atom. The molecule has 0 fully saturated rings. The van der Waals surface area contributed by atoms with Crippen LogP contribution in [0.1, 0.15) is 35.1 Å². The summed E-state index contributed by atoms with van der Waals surface area (Å²) in [6, 6.07) is 0. The first-order chi connectivity index (χ1) is 8.41. The van der Waals surface area contributed by atoms with Crippen LogP contribution in [0.4, 0.5) is 5.95 Å². The van der Waals surface area contributed by atoms with Crippen LogP contribution in [0.25, 0.3) is 0 Å². The zero-order valence-corrected chi connectivity index (χ0v) is 10.2. The molecule has 1 rings (SSSR count). The molecule has 0 spiro atoms. The second-order valence-electron chi connectivity index (χ2n) is 3.21. The molecule has 0 atom stereocenters. The van der Waals surface area contributed by atoms with E-state index in [2.05, 4.69) is 25.8 Å². The molecular weight excluding hydrogens is 264 g/mol. The first kappa shape index (κ1) is 22.7. The molecule has 0 unspecified atom stereocenters. The Hall–Kier alpha value is -2.45. The summed E-state index contributed by atoms with van der Waals surface area (Å²) in [6.45, 7) is 3.13. The van der Waals surface area contributed by atoms with E-state index in [1.807, 2.05) is 0 Å². The third-order valence-electron chi connectivity index (χ3n) is 1.45. The predicted octanol–water partition coefficient (Wildman–Crippen LogP) is 0.0332. The Labute approximate surface area is 118 Å². The third-order valence-corrected chi connectivity index (χ3v) is 1.45. The third kappa shape index (κ3) is 15.6. The van der Waals surface area contributed by atoms with E-state index in [0.29, 0.717) is 12.5 Å². The maximum absolute atomic E-state index is 10.3. The highest BCUT2D eigenvalue weighted by Gasteiger charge is 1.94. The van der Waals surface area contributed by atoms with Crippen molar-refractivity contribution < 1.29 is 14.4 Å². The highest BCUT2D eigenvalue weighted by Crippen LogP contribution is 1.89. The summed E-state index contributed by atoms with van der Waals surface area (Å²) >= 11 is 0. The van der Waals surface area contributed by atoms with Gasteiger partial charge in [-0.2, -0.15) is 10.1 Å². The largest absolute Gasteiger partial charge is 0.370 e. The molecule has 0 saturated heterocycles. The van der Waals surface area contributed by atoms with E-state index in [1.54, 1.807) is 0 Å². The van der Waals surface area contributed by atoms with Crippen molar-refractivity contribution in [3.05, 3.63) is 6.33 Å². The number of nitrogens with zero attached hydrogens (tertiary/aromatic N) is 2. The molecule has 5 N–H and O–H groups in total. The van der Waals surface area contributed by atoms with Crippen molar-refractivity contribution in [1.29, 1.82) is 0 Å². The van der Waals surface area contributed by atoms with E-state index in [9.17, 15) is 14.4 Å². The van der Waals surface area contributed by atoms with Crippen LogP contribution in [0.5, 0.6) is 0 Å². The molecule has 0 aliphatic carbocycles. The van der Waals surface area contributed by atoms with E-state index < -0.39 is 5.91 Å². The molecule has 0 radical (unpaired) electrons. The molecule has 1 aromatic heterocycles. The minimum atomic E-state index is -0.399. The van der Waals surface area contributed by atoms with Gasteiger partial charge in [-0.3, -0.25) is 19.7 Å². The quantitative estimate of drug-likeness (QED) is 0.618. The Kier molecular flexibility index (Phi) is 14.8. The van der Waals surface area contributed by atoms with Crippen LogP contribution in [0.3, 0.4) is 0 Å². The van der Waals surface area contributed by atoms with Gasteiger partial charge in [-0.15, -0.1) is 0 Å². The lowest BCUT2D eigenvalue weighted by Gasteiger charge is -1.96. The lowest BCUT2D eigenvalue weighted by Crippen LogP contribution is -2.25. The molecule has 1 aromatic rings. The number of primary amides is 1. The van der Waals surface area contributed by atoms with Gasteiger partial charge in [0.2, 0.25) is 23.7 Å². The molecule has 0 aromatic carbocycles. The van der Waals surface area contributed by atoms with E-state index >= 15 is 0 Å². The van der Waals surface area contributed by atoms with Crippen LogP contribution in [0.2, 0.25) is 0 Å². The zero-order valence-electron chi connectivity index (χ0n) is 10.2. The van der Waals surface area contributed by atoms with Gasteiger partial charge < -0.3 is 11.1 Å². The molecule has 9 heteroatoms. The normalized spacial score (nSPS) is 7.90. The number of amides is 3. The Bertz CT molecular complexity index is 377. The van der Waals surface area contributed by atoms with Crippen LogP contribution in [0.15, 0.2) is 6.33 Å². The van der Waals surface area contributed by atoms with Gasteiger partial charge >= 0.3 is 0 Å². The highest BCUT2D eigenvalue weighted by molar-refractivity contribution is 5.86. The average Bonchev–Trinajstić information content (AvgIpc) is 2.69. The summed E-state index contributed by atoms with van der Waals surface area (Å²) in [6.07, 6.45) is 1.53. The molecule has 20 heavy (non-hydrogen) atoms. The number of hydrogen-bond donors (Lipinski definition) is 4. The number of aromatic amines is 1. The van der Waals surface area contributed by atoms with Gasteiger partial charge in [0, 0.05) is 26.8 Å². The molecule has 0 bridgehead atoms. The minimum absolute atomic E-state index is 0. The predicted molar refractivity (Wildman–Crippen MR) is 76.6 cm³/mol. The fraction of sp³-hybridized carbons (Fsp3) is 0.545. The topological polar surface area (TPSA) is 143 Å². The van der Waals surface area contributed by atoms with Crippen molar-refractivity contribution in [3.63, 3.8) is 0 Å². The van der Waals surface area contributed by atoms with Crippen molar-refractivity contribution in [2.75, 3.05) is 11.9 Å². The standard InChI is InChI=1S/C5H10N2O2.C4H6N4O.2CH4/c1-4(8)7-3-2-5(6)9;1-3(9)7-4-5-2-6-8-4;;/h2-3H2,1H3,(H2,6,9)(H,7,8);2H,1H3,(H2,5,6,7,8,9);2*1H4.